The second-order valence-corrected chi connectivity index (χ2v) is 4.76. The van der Waals surface area contributed by atoms with Crippen LogP contribution in [-0.4, -0.2) is 26.6 Å². The number of benzene rings is 1. The van der Waals surface area contributed by atoms with Gasteiger partial charge in [-0.2, -0.15) is 5.10 Å². The highest BCUT2D eigenvalue weighted by molar-refractivity contribution is 5.51. The number of para-hydroxylation sites is 1. The zero-order valence-electron chi connectivity index (χ0n) is 11.9. The summed E-state index contributed by atoms with van der Waals surface area (Å²) in [6, 6.07) is 7.70. The molecule has 3 N–H and O–H groups in total. The summed E-state index contributed by atoms with van der Waals surface area (Å²) in [5.41, 5.74) is 4.97. The SMILES string of the molecule is Cc1nn(CCO)c(C)c1CNc1ccccc1CO. The Morgan fingerprint density at radius 1 is 1.20 bits per heavy atom. The van der Waals surface area contributed by atoms with E-state index in [-0.39, 0.29) is 13.2 Å². The normalized spacial score (nSPS) is 10.8. The minimum atomic E-state index is 0.0188. The van der Waals surface area contributed by atoms with Crippen LogP contribution in [0.25, 0.3) is 0 Å². The molecule has 0 aliphatic heterocycles. The molecule has 0 spiro atoms. The number of nitrogens with one attached hydrogen (secondary N) is 1. The first-order valence-electron chi connectivity index (χ1n) is 6.73. The van der Waals surface area contributed by atoms with Gasteiger partial charge in [0.1, 0.15) is 0 Å². The van der Waals surface area contributed by atoms with E-state index < -0.39 is 0 Å². The van der Waals surface area contributed by atoms with Crippen molar-refractivity contribution in [3.8, 4) is 0 Å². The Kier molecular flexibility index (Phi) is 4.76. The van der Waals surface area contributed by atoms with E-state index in [1.54, 1.807) is 0 Å². The smallest absolute Gasteiger partial charge is 0.0701 e. The van der Waals surface area contributed by atoms with Crippen LogP contribution >= 0.6 is 0 Å². The van der Waals surface area contributed by atoms with E-state index >= 15 is 0 Å². The fourth-order valence-electron chi connectivity index (χ4n) is 2.32. The quantitative estimate of drug-likeness (QED) is 0.749. The highest BCUT2D eigenvalue weighted by atomic mass is 16.3. The van der Waals surface area contributed by atoms with Crippen molar-refractivity contribution in [1.29, 1.82) is 0 Å². The van der Waals surface area contributed by atoms with Crippen LogP contribution in [0.1, 0.15) is 22.5 Å². The highest BCUT2D eigenvalue weighted by Crippen LogP contribution is 2.19. The highest BCUT2D eigenvalue weighted by Gasteiger charge is 2.11. The fourth-order valence-corrected chi connectivity index (χ4v) is 2.32. The Morgan fingerprint density at radius 2 is 1.95 bits per heavy atom. The molecule has 1 aromatic carbocycles. The second-order valence-electron chi connectivity index (χ2n) is 4.76. The van der Waals surface area contributed by atoms with Gasteiger partial charge in [0, 0.05) is 29.1 Å². The lowest BCUT2D eigenvalue weighted by atomic mass is 10.1. The Bertz CT molecular complexity index is 578. The van der Waals surface area contributed by atoms with Crippen LogP contribution in [0.15, 0.2) is 24.3 Å². The van der Waals surface area contributed by atoms with Gasteiger partial charge in [-0.3, -0.25) is 4.68 Å². The third kappa shape index (κ3) is 3.00. The summed E-state index contributed by atoms with van der Waals surface area (Å²) in [4.78, 5) is 0. The predicted molar refractivity (Wildman–Crippen MR) is 78.5 cm³/mol. The van der Waals surface area contributed by atoms with Crippen molar-refractivity contribution in [3.05, 3.63) is 46.8 Å². The number of nitrogens with zero attached hydrogens (tertiary/aromatic N) is 2. The molecule has 0 saturated carbocycles. The van der Waals surface area contributed by atoms with E-state index in [0.29, 0.717) is 13.1 Å². The van der Waals surface area contributed by atoms with Gasteiger partial charge in [-0.25, -0.2) is 0 Å². The molecule has 0 atom stereocenters. The lowest BCUT2D eigenvalue weighted by Gasteiger charge is -2.11. The molecule has 20 heavy (non-hydrogen) atoms. The van der Waals surface area contributed by atoms with Crippen molar-refractivity contribution in [1.82, 2.24) is 9.78 Å². The number of aromatic nitrogens is 2. The number of aliphatic hydroxyl groups excluding tert-OH is 2. The molecule has 2 aromatic rings. The van der Waals surface area contributed by atoms with Crippen molar-refractivity contribution < 1.29 is 10.2 Å². The number of anilines is 1. The van der Waals surface area contributed by atoms with Gasteiger partial charge in [0.15, 0.2) is 0 Å². The zero-order chi connectivity index (χ0) is 14.5. The summed E-state index contributed by atoms with van der Waals surface area (Å²) in [7, 11) is 0. The van der Waals surface area contributed by atoms with Gasteiger partial charge in [-0.15, -0.1) is 0 Å². The topological polar surface area (TPSA) is 70.3 Å². The second kappa shape index (κ2) is 6.54. The summed E-state index contributed by atoms with van der Waals surface area (Å²) in [6.45, 7) is 5.24. The molecule has 1 aromatic heterocycles. The minimum absolute atomic E-state index is 0.0188. The first kappa shape index (κ1) is 14.6. The summed E-state index contributed by atoms with van der Waals surface area (Å²) < 4.78 is 1.82. The summed E-state index contributed by atoms with van der Waals surface area (Å²) in [5.74, 6) is 0. The molecule has 1 heterocycles. The van der Waals surface area contributed by atoms with Gasteiger partial charge < -0.3 is 15.5 Å². The van der Waals surface area contributed by atoms with Crippen molar-refractivity contribution in [2.75, 3.05) is 11.9 Å². The number of aryl methyl sites for hydroxylation is 1. The van der Waals surface area contributed by atoms with Gasteiger partial charge in [-0.1, -0.05) is 18.2 Å². The molecule has 108 valence electrons. The average molecular weight is 275 g/mol. The van der Waals surface area contributed by atoms with Crippen LogP contribution in [0.2, 0.25) is 0 Å². The summed E-state index contributed by atoms with van der Waals surface area (Å²) in [5, 5.41) is 26.1. The molecule has 5 nitrogen and oxygen atoms in total. The maximum absolute atomic E-state index is 9.31. The van der Waals surface area contributed by atoms with E-state index in [4.69, 9.17) is 5.11 Å². The van der Waals surface area contributed by atoms with Gasteiger partial charge in [0.25, 0.3) is 0 Å². The maximum Gasteiger partial charge on any atom is 0.0701 e. The molecule has 0 fully saturated rings. The van der Waals surface area contributed by atoms with E-state index in [9.17, 15) is 5.11 Å². The molecule has 0 amide bonds. The molecule has 0 aliphatic rings. The largest absolute Gasteiger partial charge is 0.394 e. The third-order valence-corrected chi connectivity index (χ3v) is 3.49. The van der Waals surface area contributed by atoms with Crippen LogP contribution in [0.5, 0.6) is 0 Å². The molecule has 0 bridgehead atoms. The molecular weight excluding hydrogens is 254 g/mol. The predicted octanol–water partition coefficient (Wildman–Crippen LogP) is 1.60. The van der Waals surface area contributed by atoms with E-state index in [1.807, 2.05) is 42.8 Å². The summed E-state index contributed by atoms with van der Waals surface area (Å²) >= 11 is 0. The van der Waals surface area contributed by atoms with Crippen molar-refractivity contribution in [2.24, 2.45) is 0 Å². The lowest BCUT2D eigenvalue weighted by Crippen LogP contribution is -2.07. The van der Waals surface area contributed by atoms with Gasteiger partial charge in [0.05, 0.1) is 25.5 Å². The van der Waals surface area contributed by atoms with Crippen molar-refractivity contribution in [3.63, 3.8) is 0 Å². The van der Waals surface area contributed by atoms with Crippen LogP contribution < -0.4 is 5.32 Å². The Balaban J connectivity index is 2.15. The van der Waals surface area contributed by atoms with Crippen LogP contribution in [0.3, 0.4) is 0 Å². The van der Waals surface area contributed by atoms with Crippen molar-refractivity contribution in [2.45, 2.75) is 33.5 Å². The lowest BCUT2D eigenvalue weighted by molar-refractivity contribution is 0.268. The fraction of sp³-hybridized carbons (Fsp3) is 0.400. The third-order valence-electron chi connectivity index (χ3n) is 3.49. The first-order valence-corrected chi connectivity index (χ1v) is 6.73. The molecular formula is C15H21N3O2. The maximum atomic E-state index is 9.31. The number of hydrogen-bond donors (Lipinski definition) is 3. The molecule has 5 heteroatoms. The number of aliphatic hydroxyl groups is 2. The van der Waals surface area contributed by atoms with E-state index in [1.165, 1.54) is 0 Å². The number of hydrogen-bond acceptors (Lipinski definition) is 4. The number of rotatable bonds is 6. The average Bonchev–Trinajstić information content (AvgIpc) is 2.72. The van der Waals surface area contributed by atoms with E-state index in [0.717, 1.165) is 28.2 Å². The molecule has 2 rings (SSSR count). The minimum Gasteiger partial charge on any atom is -0.394 e. The van der Waals surface area contributed by atoms with Crippen molar-refractivity contribution >= 4 is 5.69 Å². The Labute approximate surface area is 118 Å². The standard InChI is InChI=1S/C15H21N3O2/c1-11-14(12(2)18(17-11)7-8-19)9-16-15-6-4-3-5-13(15)10-20/h3-6,16,19-20H,7-10H2,1-2H3. The van der Waals surface area contributed by atoms with Gasteiger partial charge in [0.2, 0.25) is 0 Å². The van der Waals surface area contributed by atoms with Crippen LogP contribution in [-0.2, 0) is 19.7 Å². The first-order chi connectivity index (χ1) is 9.67. The van der Waals surface area contributed by atoms with Gasteiger partial charge in [-0.05, 0) is 19.9 Å². The molecule has 0 unspecified atom stereocenters. The van der Waals surface area contributed by atoms with E-state index in [2.05, 4.69) is 10.4 Å². The Morgan fingerprint density at radius 3 is 2.65 bits per heavy atom. The molecule has 0 saturated heterocycles. The zero-order valence-corrected chi connectivity index (χ0v) is 11.9. The Hall–Kier alpha value is -1.85. The molecule has 0 radical (unpaired) electrons. The molecule has 0 aliphatic carbocycles. The summed E-state index contributed by atoms with van der Waals surface area (Å²) in [6.07, 6.45) is 0. The van der Waals surface area contributed by atoms with Crippen LogP contribution in [0, 0.1) is 13.8 Å². The van der Waals surface area contributed by atoms with Crippen LogP contribution in [0.4, 0.5) is 5.69 Å². The van der Waals surface area contributed by atoms with Gasteiger partial charge >= 0.3 is 0 Å². The monoisotopic (exact) mass is 275 g/mol.